The molecule has 1 aromatic rings. The van der Waals surface area contributed by atoms with Crippen LogP contribution in [0.25, 0.3) is 0 Å². The monoisotopic (exact) mass is 251 g/mol. The second-order valence-electron chi connectivity index (χ2n) is 5.18. The Kier molecular flexibility index (Phi) is 4.29. The summed E-state index contributed by atoms with van der Waals surface area (Å²) in [6.45, 7) is 8.30. The van der Waals surface area contributed by atoms with Crippen molar-refractivity contribution in [2.75, 3.05) is 11.9 Å². The van der Waals surface area contributed by atoms with E-state index in [4.69, 9.17) is 5.73 Å². The van der Waals surface area contributed by atoms with Gasteiger partial charge in [-0.25, -0.2) is 0 Å². The number of nitro benzene ring substituents is 1. The van der Waals surface area contributed by atoms with Gasteiger partial charge in [0.05, 0.1) is 4.92 Å². The molecule has 0 saturated carbocycles. The van der Waals surface area contributed by atoms with E-state index >= 15 is 0 Å². The molecule has 3 N–H and O–H groups in total. The third-order valence-electron chi connectivity index (χ3n) is 3.47. The fourth-order valence-corrected chi connectivity index (χ4v) is 1.64. The highest BCUT2D eigenvalue weighted by atomic mass is 16.6. The summed E-state index contributed by atoms with van der Waals surface area (Å²) in [6, 6.07) is 5.16. The SMILES string of the molecule is Cc1ccc(NC(C)(CN)C(C)C)c([N+](=O)[O-])c1. The van der Waals surface area contributed by atoms with E-state index in [-0.39, 0.29) is 22.1 Å². The molecule has 1 aromatic carbocycles. The summed E-state index contributed by atoms with van der Waals surface area (Å²) >= 11 is 0. The number of nitrogens with one attached hydrogen (secondary N) is 1. The molecule has 18 heavy (non-hydrogen) atoms. The first-order valence-electron chi connectivity index (χ1n) is 6.03. The molecule has 1 rings (SSSR count). The number of hydrogen-bond donors (Lipinski definition) is 2. The van der Waals surface area contributed by atoms with Crippen molar-refractivity contribution in [2.24, 2.45) is 11.7 Å². The molecule has 0 fully saturated rings. The lowest BCUT2D eigenvalue weighted by Crippen LogP contribution is -2.47. The van der Waals surface area contributed by atoms with Crippen LogP contribution in [0.4, 0.5) is 11.4 Å². The van der Waals surface area contributed by atoms with Gasteiger partial charge < -0.3 is 11.1 Å². The van der Waals surface area contributed by atoms with Crippen LogP contribution in [0.1, 0.15) is 26.3 Å². The van der Waals surface area contributed by atoms with Crippen molar-refractivity contribution in [2.45, 2.75) is 33.2 Å². The molecule has 0 radical (unpaired) electrons. The summed E-state index contributed by atoms with van der Waals surface area (Å²) in [5, 5.41) is 14.3. The van der Waals surface area contributed by atoms with E-state index in [1.807, 2.05) is 33.8 Å². The van der Waals surface area contributed by atoms with Gasteiger partial charge in [-0.1, -0.05) is 19.9 Å². The van der Waals surface area contributed by atoms with Gasteiger partial charge in [0.1, 0.15) is 5.69 Å². The number of aryl methyl sites for hydroxylation is 1. The third kappa shape index (κ3) is 2.98. The van der Waals surface area contributed by atoms with Crippen LogP contribution < -0.4 is 11.1 Å². The average Bonchev–Trinajstić information content (AvgIpc) is 2.30. The highest BCUT2D eigenvalue weighted by Gasteiger charge is 2.29. The molecule has 0 aliphatic rings. The molecule has 0 aliphatic carbocycles. The smallest absolute Gasteiger partial charge is 0.292 e. The predicted molar refractivity (Wildman–Crippen MR) is 73.8 cm³/mol. The Morgan fingerprint density at radius 2 is 2.11 bits per heavy atom. The molecule has 0 heterocycles. The lowest BCUT2D eigenvalue weighted by atomic mass is 9.88. The Hall–Kier alpha value is -1.62. The molecule has 1 unspecified atom stereocenters. The summed E-state index contributed by atoms with van der Waals surface area (Å²) in [5.74, 6) is 0.267. The average molecular weight is 251 g/mol. The zero-order valence-electron chi connectivity index (χ0n) is 11.4. The topological polar surface area (TPSA) is 81.2 Å². The molecule has 0 bridgehead atoms. The van der Waals surface area contributed by atoms with Crippen LogP contribution in [-0.2, 0) is 0 Å². The van der Waals surface area contributed by atoms with Gasteiger partial charge in [0.25, 0.3) is 5.69 Å². The van der Waals surface area contributed by atoms with Crippen molar-refractivity contribution >= 4 is 11.4 Å². The molecule has 0 aliphatic heterocycles. The first kappa shape index (κ1) is 14.4. The van der Waals surface area contributed by atoms with E-state index in [1.54, 1.807) is 12.1 Å². The van der Waals surface area contributed by atoms with Gasteiger partial charge in [0.15, 0.2) is 0 Å². The Morgan fingerprint density at radius 1 is 1.50 bits per heavy atom. The molecule has 1 atom stereocenters. The zero-order valence-corrected chi connectivity index (χ0v) is 11.4. The minimum Gasteiger partial charge on any atom is -0.373 e. The minimum atomic E-state index is -0.368. The predicted octanol–water partition coefficient (Wildman–Crippen LogP) is 2.69. The summed E-state index contributed by atoms with van der Waals surface area (Å²) in [5.41, 5.74) is 6.90. The zero-order chi connectivity index (χ0) is 13.9. The molecule has 5 heteroatoms. The molecule has 0 aromatic heterocycles. The third-order valence-corrected chi connectivity index (χ3v) is 3.47. The Balaban J connectivity index is 3.14. The largest absolute Gasteiger partial charge is 0.373 e. The Bertz CT molecular complexity index is 446. The maximum Gasteiger partial charge on any atom is 0.292 e. The van der Waals surface area contributed by atoms with Crippen LogP contribution in [0.3, 0.4) is 0 Å². The number of nitrogens with two attached hydrogens (primary N) is 1. The fourth-order valence-electron chi connectivity index (χ4n) is 1.64. The van der Waals surface area contributed by atoms with Gasteiger partial charge >= 0.3 is 0 Å². The van der Waals surface area contributed by atoms with E-state index in [0.29, 0.717) is 12.2 Å². The standard InChI is InChI=1S/C13H21N3O2/c1-9(2)13(4,8-14)15-11-6-5-10(3)7-12(11)16(17)18/h5-7,9,15H,8,14H2,1-4H3. The minimum absolute atomic E-state index is 0.0929. The van der Waals surface area contributed by atoms with Crippen LogP contribution >= 0.6 is 0 Å². The fraction of sp³-hybridized carbons (Fsp3) is 0.538. The summed E-state index contributed by atoms with van der Waals surface area (Å²) in [6.07, 6.45) is 0. The second kappa shape index (κ2) is 5.35. The van der Waals surface area contributed by atoms with Crippen LogP contribution in [0, 0.1) is 23.0 Å². The normalized spacial score (nSPS) is 14.3. The first-order valence-corrected chi connectivity index (χ1v) is 6.03. The summed E-state index contributed by atoms with van der Waals surface area (Å²) in [4.78, 5) is 10.7. The molecule has 0 spiro atoms. The molecular formula is C13H21N3O2. The number of nitro groups is 1. The van der Waals surface area contributed by atoms with Crippen LogP contribution in [0.2, 0.25) is 0 Å². The number of nitrogens with zero attached hydrogens (tertiary/aromatic N) is 1. The van der Waals surface area contributed by atoms with Gasteiger partial charge in [0.2, 0.25) is 0 Å². The first-order chi connectivity index (χ1) is 8.30. The van der Waals surface area contributed by atoms with Crippen molar-refractivity contribution in [1.29, 1.82) is 0 Å². The van der Waals surface area contributed by atoms with Gasteiger partial charge in [0, 0.05) is 18.2 Å². The van der Waals surface area contributed by atoms with Crippen molar-refractivity contribution < 1.29 is 4.92 Å². The van der Waals surface area contributed by atoms with Crippen LogP contribution in [0.15, 0.2) is 18.2 Å². The van der Waals surface area contributed by atoms with Gasteiger partial charge in [-0.2, -0.15) is 0 Å². The van der Waals surface area contributed by atoms with Crippen molar-refractivity contribution in [3.05, 3.63) is 33.9 Å². The van der Waals surface area contributed by atoms with Crippen LogP contribution in [-0.4, -0.2) is 17.0 Å². The highest BCUT2D eigenvalue weighted by Crippen LogP contribution is 2.30. The maximum atomic E-state index is 11.1. The molecule has 5 nitrogen and oxygen atoms in total. The number of benzene rings is 1. The number of anilines is 1. The van der Waals surface area contributed by atoms with Gasteiger partial charge in [-0.05, 0) is 31.4 Å². The highest BCUT2D eigenvalue weighted by molar-refractivity contribution is 5.63. The van der Waals surface area contributed by atoms with E-state index in [0.717, 1.165) is 5.56 Å². The molecule has 100 valence electrons. The van der Waals surface area contributed by atoms with E-state index in [2.05, 4.69) is 5.32 Å². The maximum absolute atomic E-state index is 11.1. The molecule has 0 saturated heterocycles. The Labute approximate surface area is 108 Å². The molecule has 0 amide bonds. The van der Waals surface area contributed by atoms with Gasteiger partial charge in [-0.15, -0.1) is 0 Å². The molecular weight excluding hydrogens is 230 g/mol. The summed E-state index contributed by atoms with van der Waals surface area (Å²) in [7, 11) is 0. The quantitative estimate of drug-likeness (QED) is 0.622. The summed E-state index contributed by atoms with van der Waals surface area (Å²) < 4.78 is 0. The Morgan fingerprint density at radius 3 is 2.56 bits per heavy atom. The van der Waals surface area contributed by atoms with Crippen molar-refractivity contribution in [3.63, 3.8) is 0 Å². The lowest BCUT2D eigenvalue weighted by molar-refractivity contribution is -0.384. The van der Waals surface area contributed by atoms with E-state index in [9.17, 15) is 10.1 Å². The van der Waals surface area contributed by atoms with E-state index < -0.39 is 0 Å². The number of hydrogen-bond acceptors (Lipinski definition) is 4. The van der Waals surface area contributed by atoms with Crippen molar-refractivity contribution in [3.8, 4) is 0 Å². The van der Waals surface area contributed by atoms with Crippen molar-refractivity contribution in [1.82, 2.24) is 0 Å². The van der Waals surface area contributed by atoms with Gasteiger partial charge in [-0.3, -0.25) is 10.1 Å². The lowest BCUT2D eigenvalue weighted by Gasteiger charge is -2.34. The van der Waals surface area contributed by atoms with Crippen LogP contribution in [0.5, 0.6) is 0 Å². The van der Waals surface area contributed by atoms with E-state index in [1.165, 1.54) is 0 Å². The number of rotatable bonds is 5. The second-order valence-corrected chi connectivity index (χ2v) is 5.18.